The average Bonchev–Trinajstić information content (AvgIpc) is 3.31. The van der Waals surface area contributed by atoms with Crippen molar-refractivity contribution >= 4 is 33.5 Å². The molecule has 5 rings (SSSR count). The fraction of sp³-hybridized carbons (Fsp3) is 0.185. The molecule has 1 unspecified atom stereocenters. The van der Waals surface area contributed by atoms with Crippen LogP contribution in [0.4, 0.5) is 11.6 Å². The molecular weight excluding hydrogens is 520 g/mol. The molecule has 1 atom stereocenters. The first-order valence-electron chi connectivity index (χ1n) is 11.5. The minimum absolute atomic E-state index is 0.249. The number of tetrazole rings is 1. The first kappa shape index (κ1) is 23.7. The fourth-order valence-corrected chi connectivity index (χ4v) is 4.60. The van der Waals surface area contributed by atoms with Crippen LogP contribution in [-0.2, 0) is 11.4 Å². The van der Waals surface area contributed by atoms with Gasteiger partial charge in [-0.15, -0.1) is 0 Å². The molecule has 9 heteroatoms. The maximum Gasteiger partial charge on any atom is 0.255 e. The van der Waals surface area contributed by atoms with Crippen molar-refractivity contribution in [2.24, 2.45) is 0 Å². The summed E-state index contributed by atoms with van der Waals surface area (Å²) in [4.78, 5) is 13.7. The third-order valence-corrected chi connectivity index (χ3v) is 6.51. The molecule has 1 aliphatic heterocycles. The van der Waals surface area contributed by atoms with Gasteiger partial charge in [-0.05, 0) is 72.7 Å². The highest BCUT2D eigenvalue weighted by Gasteiger charge is 2.36. The molecule has 0 radical (unpaired) electrons. The number of amides is 1. The van der Waals surface area contributed by atoms with E-state index in [1.165, 1.54) is 5.56 Å². The molecule has 182 valence electrons. The zero-order valence-electron chi connectivity index (χ0n) is 20.1. The largest absolute Gasteiger partial charge is 0.489 e. The summed E-state index contributed by atoms with van der Waals surface area (Å²) in [6, 6.07) is 21.0. The van der Waals surface area contributed by atoms with Crippen molar-refractivity contribution in [2.45, 2.75) is 33.4 Å². The molecule has 1 amide bonds. The highest BCUT2D eigenvalue weighted by Crippen LogP contribution is 2.40. The lowest BCUT2D eigenvalue weighted by Crippen LogP contribution is -2.31. The van der Waals surface area contributed by atoms with Crippen LogP contribution < -0.4 is 15.4 Å². The number of aromatic nitrogens is 4. The normalized spacial score (nSPS) is 14.7. The number of carbonyl (C=O) groups excluding carboxylic acids is 1. The van der Waals surface area contributed by atoms with Crippen LogP contribution in [0.1, 0.15) is 35.2 Å². The van der Waals surface area contributed by atoms with Gasteiger partial charge < -0.3 is 15.4 Å². The van der Waals surface area contributed by atoms with Crippen molar-refractivity contribution in [2.75, 3.05) is 10.6 Å². The first-order valence-corrected chi connectivity index (χ1v) is 12.3. The maximum atomic E-state index is 13.7. The predicted molar refractivity (Wildman–Crippen MR) is 142 cm³/mol. The van der Waals surface area contributed by atoms with E-state index in [4.69, 9.17) is 4.74 Å². The predicted octanol–water partition coefficient (Wildman–Crippen LogP) is 5.56. The van der Waals surface area contributed by atoms with Gasteiger partial charge in [-0.3, -0.25) is 4.79 Å². The van der Waals surface area contributed by atoms with E-state index in [9.17, 15) is 4.79 Å². The van der Waals surface area contributed by atoms with Crippen LogP contribution in [0, 0.1) is 13.8 Å². The van der Waals surface area contributed by atoms with Crippen LogP contribution in [-0.4, -0.2) is 26.1 Å². The van der Waals surface area contributed by atoms with Gasteiger partial charge in [0.15, 0.2) is 0 Å². The number of nitrogens with zero attached hydrogens (tertiary/aromatic N) is 4. The number of rotatable bonds is 6. The summed E-state index contributed by atoms with van der Waals surface area (Å²) in [6.07, 6.45) is 0. The Kier molecular flexibility index (Phi) is 6.56. The Hall–Kier alpha value is -3.98. The van der Waals surface area contributed by atoms with Crippen LogP contribution in [0.15, 0.2) is 82.5 Å². The molecule has 0 saturated heterocycles. The summed E-state index contributed by atoms with van der Waals surface area (Å²) in [5.74, 6) is 0.844. The minimum atomic E-state index is -0.605. The molecule has 0 saturated carbocycles. The number of anilines is 2. The summed E-state index contributed by atoms with van der Waals surface area (Å²) >= 11 is 3.58. The molecule has 0 bridgehead atoms. The Balaban J connectivity index is 1.54. The average molecular weight is 545 g/mol. The van der Waals surface area contributed by atoms with Gasteiger partial charge in [0.1, 0.15) is 18.4 Å². The van der Waals surface area contributed by atoms with E-state index in [1.54, 1.807) is 4.68 Å². The quantitative estimate of drug-likeness (QED) is 0.330. The van der Waals surface area contributed by atoms with E-state index in [0.29, 0.717) is 35.3 Å². The summed E-state index contributed by atoms with van der Waals surface area (Å²) < 4.78 is 8.74. The van der Waals surface area contributed by atoms with E-state index < -0.39 is 6.04 Å². The molecule has 4 aromatic rings. The van der Waals surface area contributed by atoms with E-state index in [1.807, 2.05) is 68.4 Å². The Morgan fingerprint density at radius 3 is 2.64 bits per heavy atom. The van der Waals surface area contributed by atoms with Crippen LogP contribution in [0.5, 0.6) is 5.75 Å². The molecule has 1 aliphatic rings. The number of benzene rings is 3. The molecule has 3 aromatic carbocycles. The van der Waals surface area contributed by atoms with Crippen molar-refractivity contribution in [1.29, 1.82) is 0 Å². The summed E-state index contributed by atoms with van der Waals surface area (Å²) in [7, 11) is 0. The van der Waals surface area contributed by atoms with Crippen molar-refractivity contribution in [3.8, 4) is 5.75 Å². The lowest BCUT2D eigenvalue weighted by Gasteiger charge is -2.29. The molecule has 0 spiro atoms. The number of carbonyl (C=O) groups is 1. The smallest absolute Gasteiger partial charge is 0.255 e. The van der Waals surface area contributed by atoms with Crippen molar-refractivity contribution < 1.29 is 9.53 Å². The highest BCUT2D eigenvalue weighted by molar-refractivity contribution is 9.10. The second kappa shape index (κ2) is 9.94. The number of hydrogen-bond donors (Lipinski definition) is 2. The van der Waals surface area contributed by atoms with E-state index in [-0.39, 0.29) is 5.91 Å². The highest BCUT2D eigenvalue weighted by atomic mass is 79.9. The van der Waals surface area contributed by atoms with Crippen molar-refractivity contribution in [3.63, 3.8) is 0 Å². The number of fused-ring (bicyclic) bond motifs is 1. The van der Waals surface area contributed by atoms with Crippen molar-refractivity contribution in [3.05, 3.63) is 105 Å². The lowest BCUT2D eigenvalue weighted by molar-refractivity contribution is -0.113. The molecule has 2 heterocycles. The molecule has 0 fully saturated rings. The molecule has 0 aliphatic carbocycles. The van der Waals surface area contributed by atoms with Gasteiger partial charge in [0.25, 0.3) is 5.91 Å². The van der Waals surface area contributed by atoms with Gasteiger partial charge in [0.2, 0.25) is 5.95 Å². The second-order valence-electron chi connectivity index (χ2n) is 8.79. The first-order chi connectivity index (χ1) is 17.4. The molecule has 2 N–H and O–H groups in total. The van der Waals surface area contributed by atoms with E-state index in [2.05, 4.69) is 61.1 Å². The van der Waals surface area contributed by atoms with Crippen LogP contribution in [0.2, 0.25) is 0 Å². The zero-order chi connectivity index (χ0) is 25.2. The molecular formula is C27H25BrN6O2. The Morgan fingerprint density at radius 2 is 1.86 bits per heavy atom. The Labute approximate surface area is 217 Å². The molecule has 36 heavy (non-hydrogen) atoms. The van der Waals surface area contributed by atoms with Gasteiger partial charge in [0, 0.05) is 21.4 Å². The maximum absolute atomic E-state index is 13.7. The van der Waals surface area contributed by atoms with Crippen LogP contribution >= 0.6 is 15.9 Å². The van der Waals surface area contributed by atoms with Gasteiger partial charge in [0.05, 0.1) is 5.57 Å². The Morgan fingerprint density at radius 1 is 1.06 bits per heavy atom. The van der Waals surface area contributed by atoms with Gasteiger partial charge >= 0.3 is 0 Å². The number of allylic oxidation sites excluding steroid dienone is 1. The standard InChI is InChI=1S/C27H25BrN6O2/c1-16-7-9-19(10-8-16)15-36-23-12-11-20(28)14-22(23)25-24(18(3)29-27-31-32-33-34(25)27)26(35)30-21-6-4-5-17(2)13-21/h4-14,25H,15H2,1-3H3,(H,30,35)(H,29,31,33). The van der Waals surface area contributed by atoms with Gasteiger partial charge in [-0.2, -0.15) is 4.68 Å². The molecule has 8 nitrogen and oxygen atoms in total. The summed E-state index contributed by atoms with van der Waals surface area (Å²) in [5, 5.41) is 18.3. The van der Waals surface area contributed by atoms with Crippen LogP contribution in [0.3, 0.4) is 0 Å². The third-order valence-electron chi connectivity index (χ3n) is 6.02. The second-order valence-corrected chi connectivity index (χ2v) is 9.71. The van der Waals surface area contributed by atoms with Gasteiger partial charge in [-0.25, -0.2) is 0 Å². The SMILES string of the molecule is CC1=C(C(=O)Nc2cccc(C)c2)C(c2cc(Br)ccc2OCc2ccc(C)cc2)n2nnnc2N1. The number of halogens is 1. The van der Waals surface area contributed by atoms with E-state index in [0.717, 1.165) is 21.2 Å². The Bertz CT molecular complexity index is 1460. The monoisotopic (exact) mass is 544 g/mol. The number of hydrogen-bond acceptors (Lipinski definition) is 6. The summed E-state index contributed by atoms with van der Waals surface area (Å²) in [5.41, 5.74) is 5.93. The van der Waals surface area contributed by atoms with E-state index >= 15 is 0 Å². The number of nitrogens with one attached hydrogen (secondary N) is 2. The third kappa shape index (κ3) is 4.87. The van der Waals surface area contributed by atoms with Crippen molar-refractivity contribution in [1.82, 2.24) is 20.2 Å². The number of aryl methyl sites for hydroxylation is 2. The summed E-state index contributed by atoms with van der Waals surface area (Å²) in [6.45, 7) is 6.27. The minimum Gasteiger partial charge on any atom is -0.489 e. The lowest BCUT2D eigenvalue weighted by atomic mass is 9.94. The van der Waals surface area contributed by atoms with Gasteiger partial charge in [-0.1, -0.05) is 63.0 Å². The topological polar surface area (TPSA) is 94.0 Å². The number of ether oxygens (including phenoxy) is 1. The fourth-order valence-electron chi connectivity index (χ4n) is 4.23. The zero-order valence-corrected chi connectivity index (χ0v) is 21.7. The van der Waals surface area contributed by atoms with Crippen LogP contribution in [0.25, 0.3) is 0 Å². The molecule has 1 aromatic heterocycles.